The number of nitrogens with zero attached hydrogens (tertiary/aromatic N) is 4. The Bertz CT molecular complexity index is 541. The van der Waals surface area contributed by atoms with Crippen LogP contribution in [0.3, 0.4) is 0 Å². The molecule has 2 heterocycles. The molecule has 0 saturated heterocycles. The van der Waals surface area contributed by atoms with Crippen LogP contribution in [0.1, 0.15) is 11.4 Å². The second kappa shape index (κ2) is 7.37. The molecule has 1 aromatic heterocycles. The number of likely N-dealkylation sites (N-methyl/N-ethyl adjacent to an activating group) is 1. The van der Waals surface area contributed by atoms with Gasteiger partial charge in [-0.25, -0.2) is 4.98 Å². The van der Waals surface area contributed by atoms with E-state index in [1.165, 1.54) is 12.0 Å². The first-order chi connectivity index (χ1) is 10.5. The summed E-state index contributed by atoms with van der Waals surface area (Å²) >= 11 is 0. The van der Waals surface area contributed by atoms with E-state index in [1.54, 1.807) is 25.3 Å². The molecular formula is C14H22N4O4. The van der Waals surface area contributed by atoms with Crippen LogP contribution in [0.2, 0.25) is 0 Å². The first kappa shape index (κ1) is 16.4. The van der Waals surface area contributed by atoms with Crippen LogP contribution in [0.4, 0.5) is 0 Å². The van der Waals surface area contributed by atoms with Gasteiger partial charge >= 0.3 is 0 Å². The molecule has 0 spiro atoms. The number of hydrogen-bond donors (Lipinski definition) is 0. The molecular weight excluding hydrogens is 288 g/mol. The molecule has 8 nitrogen and oxygen atoms in total. The maximum Gasteiger partial charge on any atom is 0.248 e. The highest BCUT2D eigenvalue weighted by atomic mass is 16.5. The van der Waals surface area contributed by atoms with Crippen molar-refractivity contribution in [1.82, 2.24) is 19.4 Å². The number of methoxy groups -OCH3 is 1. The van der Waals surface area contributed by atoms with Gasteiger partial charge in [0.25, 0.3) is 0 Å². The summed E-state index contributed by atoms with van der Waals surface area (Å²) in [5.41, 5.74) is 1.72. The largest absolute Gasteiger partial charge is 0.375 e. The van der Waals surface area contributed by atoms with Crippen molar-refractivity contribution in [3.8, 4) is 0 Å². The lowest BCUT2D eigenvalue weighted by Gasteiger charge is -2.28. The smallest absolute Gasteiger partial charge is 0.248 e. The first-order valence-electron chi connectivity index (χ1n) is 7.10. The summed E-state index contributed by atoms with van der Waals surface area (Å²) in [5, 5.41) is 0. The second-order valence-corrected chi connectivity index (χ2v) is 5.36. The number of amides is 2. The van der Waals surface area contributed by atoms with Crippen LogP contribution in [0, 0.1) is 0 Å². The van der Waals surface area contributed by atoms with E-state index in [1.807, 2.05) is 4.57 Å². The van der Waals surface area contributed by atoms with Crippen molar-refractivity contribution >= 4 is 11.8 Å². The van der Waals surface area contributed by atoms with Crippen LogP contribution in [-0.4, -0.2) is 72.1 Å². The van der Waals surface area contributed by atoms with E-state index < -0.39 is 0 Å². The number of rotatable bonds is 6. The molecule has 1 aliphatic rings. The van der Waals surface area contributed by atoms with E-state index in [4.69, 9.17) is 9.47 Å². The van der Waals surface area contributed by atoms with Gasteiger partial charge in [-0.05, 0) is 0 Å². The van der Waals surface area contributed by atoms with Gasteiger partial charge in [0, 0.05) is 34.3 Å². The van der Waals surface area contributed by atoms with Gasteiger partial charge in [-0.3, -0.25) is 9.59 Å². The topological polar surface area (TPSA) is 76.9 Å². The van der Waals surface area contributed by atoms with Crippen LogP contribution in [0.5, 0.6) is 0 Å². The van der Waals surface area contributed by atoms with Crippen molar-refractivity contribution in [2.45, 2.75) is 19.7 Å². The maximum atomic E-state index is 11.9. The van der Waals surface area contributed by atoms with Crippen molar-refractivity contribution in [2.75, 3.05) is 41.0 Å². The third-order valence-corrected chi connectivity index (χ3v) is 3.57. The minimum absolute atomic E-state index is 0.0195. The molecule has 0 radical (unpaired) electrons. The van der Waals surface area contributed by atoms with E-state index in [0.29, 0.717) is 19.6 Å². The predicted octanol–water partition coefficient (Wildman–Crippen LogP) is -0.523. The molecule has 122 valence electrons. The van der Waals surface area contributed by atoms with Crippen LogP contribution in [-0.2, 0) is 38.8 Å². The zero-order valence-corrected chi connectivity index (χ0v) is 13.2. The summed E-state index contributed by atoms with van der Waals surface area (Å²) in [6.45, 7) is 2.19. The van der Waals surface area contributed by atoms with Crippen LogP contribution in [0.15, 0.2) is 6.33 Å². The first-order valence-corrected chi connectivity index (χ1v) is 7.10. The molecule has 2 amide bonds. The molecule has 8 heteroatoms. The molecule has 2 rings (SSSR count). The number of carbonyl (C=O) groups is 2. The molecule has 0 atom stereocenters. The number of imidazole rings is 1. The Labute approximate surface area is 129 Å². The fourth-order valence-corrected chi connectivity index (χ4v) is 2.22. The minimum atomic E-state index is -0.0926. The van der Waals surface area contributed by atoms with Crippen molar-refractivity contribution in [1.29, 1.82) is 0 Å². The normalized spacial score (nSPS) is 13.9. The van der Waals surface area contributed by atoms with Gasteiger partial charge < -0.3 is 23.8 Å². The van der Waals surface area contributed by atoms with E-state index in [-0.39, 0.29) is 31.6 Å². The molecule has 0 bridgehead atoms. The van der Waals surface area contributed by atoms with E-state index in [2.05, 4.69) is 4.98 Å². The van der Waals surface area contributed by atoms with Gasteiger partial charge in [0.1, 0.15) is 13.2 Å². The Morgan fingerprint density at radius 3 is 2.77 bits per heavy atom. The lowest BCUT2D eigenvalue weighted by Crippen LogP contribution is -2.40. The summed E-state index contributed by atoms with van der Waals surface area (Å²) in [7, 11) is 4.88. The van der Waals surface area contributed by atoms with Crippen molar-refractivity contribution in [3.63, 3.8) is 0 Å². The molecule has 1 aromatic rings. The molecule has 0 unspecified atom stereocenters. The quantitative estimate of drug-likeness (QED) is 0.706. The van der Waals surface area contributed by atoms with Crippen molar-refractivity contribution < 1.29 is 19.1 Å². The highest BCUT2D eigenvalue weighted by Crippen LogP contribution is 2.17. The number of ether oxygens (including phenoxy) is 2. The second-order valence-electron chi connectivity index (χ2n) is 5.36. The molecule has 0 aromatic carbocycles. The van der Waals surface area contributed by atoms with Crippen LogP contribution in [0.25, 0.3) is 0 Å². The average Bonchev–Trinajstić information content (AvgIpc) is 2.89. The standard InChI is InChI=1S/C14H22N4O4/c1-16(2)13(19)9-22-7-11-12-6-17(14(20)8-21-3)4-5-18(12)10-15-11/h10H,4-9H2,1-3H3. The molecule has 0 fully saturated rings. The zero-order chi connectivity index (χ0) is 16.1. The Balaban J connectivity index is 1.95. The Morgan fingerprint density at radius 1 is 1.32 bits per heavy atom. The molecule has 1 aliphatic heterocycles. The molecule has 0 saturated carbocycles. The monoisotopic (exact) mass is 310 g/mol. The third-order valence-electron chi connectivity index (χ3n) is 3.57. The number of hydrogen-bond acceptors (Lipinski definition) is 5. The van der Waals surface area contributed by atoms with Crippen molar-refractivity contribution in [3.05, 3.63) is 17.7 Å². The van der Waals surface area contributed by atoms with Gasteiger partial charge in [-0.1, -0.05) is 0 Å². The SMILES string of the molecule is COCC(=O)N1CCn2cnc(COCC(=O)N(C)C)c2C1. The summed E-state index contributed by atoms with van der Waals surface area (Å²) < 4.78 is 12.3. The molecule has 0 aliphatic carbocycles. The summed E-state index contributed by atoms with van der Waals surface area (Å²) in [6, 6.07) is 0. The van der Waals surface area contributed by atoms with Gasteiger partial charge in [0.05, 0.1) is 30.9 Å². The summed E-state index contributed by atoms with van der Waals surface area (Å²) in [6.07, 6.45) is 1.75. The summed E-state index contributed by atoms with van der Waals surface area (Å²) in [5.74, 6) is -0.130. The van der Waals surface area contributed by atoms with Crippen LogP contribution >= 0.6 is 0 Å². The fourth-order valence-electron chi connectivity index (χ4n) is 2.22. The minimum Gasteiger partial charge on any atom is -0.375 e. The predicted molar refractivity (Wildman–Crippen MR) is 77.9 cm³/mol. The Hall–Kier alpha value is -1.93. The number of aromatic nitrogens is 2. The van der Waals surface area contributed by atoms with Gasteiger partial charge in [0.2, 0.25) is 11.8 Å². The van der Waals surface area contributed by atoms with Crippen LogP contribution < -0.4 is 0 Å². The summed E-state index contributed by atoms with van der Waals surface area (Å²) in [4.78, 5) is 30.9. The highest BCUT2D eigenvalue weighted by Gasteiger charge is 2.23. The average molecular weight is 310 g/mol. The molecule has 22 heavy (non-hydrogen) atoms. The zero-order valence-electron chi connectivity index (χ0n) is 13.2. The number of fused-ring (bicyclic) bond motifs is 1. The lowest BCUT2D eigenvalue weighted by molar-refractivity contribution is -0.136. The highest BCUT2D eigenvalue weighted by molar-refractivity contribution is 5.77. The van der Waals surface area contributed by atoms with Gasteiger partial charge in [0.15, 0.2) is 0 Å². The fraction of sp³-hybridized carbons (Fsp3) is 0.643. The number of carbonyl (C=O) groups excluding carboxylic acids is 2. The third kappa shape index (κ3) is 3.83. The van der Waals surface area contributed by atoms with E-state index in [9.17, 15) is 9.59 Å². The molecule has 0 N–H and O–H groups in total. The van der Waals surface area contributed by atoms with Gasteiger partial charge in [-0.15, -0.1) is 0 Å². The maximum absolute atomic E-state index is 11.9. The van der Waals surface area contributed by atoms with E-state index in [0.717, 1.165) is 11.4 Å². The Morgan fingerprint density at radius 2 is 2.09 bits per heavy atom. The van der Waals surface area contributed by atoms with Gasteiger partial charge in [-0.2, -0.15) is 0 Å². The van der Waals surface area contributed by atoms with Crippen molar-refractivity contribution in [2.24, 2.45) is 0 Å². The Kier molecular flexibility index (Phi) is 5.51. The lowest BCUT2D eigenvalue weighted by atomic mass is 10.2. The van der Waals surface area contributed by atoms with E-state index >= 15 is 0 Å².